The number of primary amides is 1. The monoisotopic (exact) mass is 393 g/mol. The lowest BCUT2D eigenvalue weighted by molar-refractivity contribution is -0.132. The molecule has 1 saturated heterocycles. The van der Waals surface area contributed by atoms with Crippen molar-refractivity contribution in [1.29, 1.82) is 0 Å². The highest BCUT2D eigenvalue weighted by Gasteiger charge is 2.39. The minimum absolute atomic E-state index is 0.288. The molecule has 1 aliphatic rings. The largest absolute Gasteiger partial charge is 0.368 e. The number of nitrogens with two attached hydrogens (primary N) is 1. The maximum Gasteiger partial charge on any atom is 0.237 e. The summed E-state index contributed by atoms with van der Waals surface area (Å²) in [5, 5.41) is 2.81. The summed E-state index contributed by atoms with van der Waals surface area (Å²) in [6.07, 6.45) is 4.02. The van der Waals surface area contributed by atoms with Crippen molar-refractivity contribution in [2.75, 3.05) is 12.8 Å². The fraction of sp³-hybridized carbons (Fsp3) is 0.444. The van der Waals surface area contributed by atoms with Gasteiger partial charge in [-0.3, -0.25) is 9.69 Å². The van der Waals surface area contributed by atoms with Crippen molar-refractivity contribution in [3.63, 3.8) is 0 Å². The van der Waals surface area contributed by atoms with Gasteiger partial charge in [-0.2, -0.15) is 0 Å². The molecule has 0 saturated carbocycles. The van der Waals surface area contributed by atoms with Gasteiger partial charge in [0.2, 0.25) is 5.91 Å². The molecule has 0 unspecified atom stereocenters. The van der Waals surface area contributed by atoms with Gasteiger partial charge in [-0.1, -0.05) is 12.1 Å². The maximum absolute atomic E-state index is 11.9. The molecule has 1 aromatic carbocycles. The van der Waals surface area contributed by atoms with E-state index in [0.29, 0.717) is 11.4 Å². The molecule has 0 bridgehead atoms. The van der Waals surface area contributed by atoms with Crippen LogP contribution in [0.2, 0.25) is 0 Å². The second-order valence-corrected chi connectivity index (χ2v) is 9.83. The van der Waals surface area contributed by atoms with Crippen LogP contribution in [0, 0.1) is 0 Å². The molecule has 6 nitrogen and oxygen atoms in total. The number of benzene rings is 1. The fourth-order valence-electron chi connectivity index (χ4n) is 3.26. The smallest absolute Gasteiger partial charge is 0.237 e. The summed E-state index contributed by atoms with van der Waals surface area (Å²) in [5.74, 6) is -0.288. The molecule has 1 fully saturated rings. The first-order valence-electron chi connectivity index (χ1n) is 8.50. The predicted molar refractivity (Wildman–Crippen MR) is 103 cm³/mol. The quantitative estimate of drug-likeness (QED) is 0.842. The summed E-state index contributed by atoms with van der Waals surface area (Å²) in [7, 11) is -3.20. The van der Waals surface area contributed by atoms with Crippen LogP contribution in [0.15, 0.2) is 34.5 Å². The van der Waals surface area contributed by atoms with Crippen LogP contribution in [-0.2, 0) is 21.2 Å². The van der Waals surface area contributed by atoms with Gasteiger partial charge in [0.1, 0.15) is 5.01 Å². The zero-order valence-corrected chi connectivity index (χ0v) is 16.6. The third-order valence-corrected chi connectivity index (χ3v) is 7.07. The van der Waals surface area contributed by atoms with Crippen molar-refractivity contribution < 1.29 is 13.2 Å². The predicted octanol–water partition coefficient (Wildman–Crippen LogP) is 2.44. The zero-order valence-electron chi connectivity index (χ0n) is 14.9. The van der Waals surface area contributed by atoms with E-state index in [1.165, 1.54) is 17.6 Å². The topological polar surface area (TPSA) is 93.4 Å². The van der Waals surface area contributed by atoms with Crippen LogP contribution in [0.4, 0.5) is 0 Å². The molecule has 0 spiro atoms. The summed E-state index contributed by atoms with van der Waals surface area (Å²) < 4.78 is 23.1. The number of thiazole rings is 1. The molecule has 26 heavy (non-hydrogen) atoms. The van der Waals surface area contributed by atoms with Crippen LogP contribution in [0.1, 0.15) is 31.9 Å². The Morgan fingerprint density at radius 2 is 2.00 bits per heavy atom. The summed E-state index contributed by atoms with van der Waals surface area (Å²) in [4.78, 5) is 19.0. The molecular weight excluding hydrogens is 370 g/mol. The van der Waals surface area contributed by atoms with Crippen molar-refractivity contribution in [3.8, 4) is 10.6 Å². The van der Waals surface area contributed by atoms with Gasteiger partial charge in [0.25, 0.3) is 0 Å². The summed E-state index contributed by atoms with van der Waals surface area (Å²) in [6, 6.07) is 6.74. The standard InChI is InChI=1S/C18H23N3O3S2/c1-18(17(19)22)9-3-4-10-21(18)11-14-12-25-16(20-14)13-5-7-15(8-6-13)26(2,23)24/h5-8,12H,3-4,9-11H2,1-2H3,(H2,19,22)/t18-/m1/s1. The van der Waals surface area contributed by atoms with Gasteiger partial charge in [-0.25, -0.2) is 13.4 Å². The van der Waals surface area contributed by atoms with Gasteiger partial charge >= 0.3 is 0 Å². The molecule has 2 aromatic rings. The molecule has 1 amide bonds. The number of rotatable bonds is 5. The first kappa shape index (κ1) is 19.0. The number of nitrogens with zero attached hydrogens (tertiary/aromatic N) is 2. The number of piperidine rings is 1. The maximum atomic E-state index is 11.9. The molecule has 0 radical (unpaired) electrons. The Morgan fingerprint density at radius 1 is 1.31 bits per heavy atom. The Morgan fingerprint density at radius 3 is 2.62 bits per heavy atom. The van der Waals surface area contributed by atoms with Crippen molar-refractivity contribution in [2.45, 2.75) is 43.2 Å². The Labute approximate surface area is 158 Å². The van der Waals surface area contributed by atoms with E-state index in [4.69, 9.17) is 5.73 Å². The Hall–Kier alpha value is -1.77. The van der Waals surface area contributed by atoms with E-state index >= 15 is 0 Å². The van der Waals surface area contributed by atoms with Gasteiger partial charge in [-0.15, -0.1) is 11.3 Å². The molecule has 140 valence electrons. The average Bonchev–Trinajstić information content (AvgIpc) is 3.05. The Balaban J connectivity index is 1.78. The average molecular weight is 394 g/mol. The second-order valence-electron chi connectivity index (χ2n) is 6.96. The Bertz CT molecular complexity index is 906. The lowest BCUT2D eigenvalue weighted by atomic mass is 9.87. The molecule has 3 rings (SSSR count). The number of amides is 1. The molecule has 1 atom stereocenters. The third-order valence-electron chi connectivity index (χ3n) is 5.00. The highest BCUT2D eigenvalue weighted by molar-refractivity contribution is 7.90. The van der Waals surface area contributed by atoms with Crippen LogP contribution in [0.3, 0.4) is 0 Å². The van der Waals surface area contributed by atoms with Gasteiger partial charge in [0.15, 0.2) is 9.84 Å². The lowest BCUT2D eigenvalue weighted by Crippen LogP contribution is -2.57. The number of hydrogen-bond donors (Lipinski definition) is 1. The lowest BCUT2D eigenvalue weighted by Gasteiger charge is -2.42. The molecular formula is C18H23N3O3S2. The number of carbonyl (C=O) groups is 1. The van der Waals surface area contributed by atoms with E-state index < -0.39 is 15.4 Å². The number of hydrogen-bond acceptors (Lipinski definition) is 6. The van der Waals surface area contributed by atoms with Crippen molar-refractivity contribution in [1.82, 2.24) is 9.88 Å². The highest BCUT2D eigenvalue weighted by Crippen LogP contribution is 2.31. The fourth-order valence-corrected chi connectivity index (χ4v) is 4.71. The number of likely N-dealkylation sites (tertiary alicyclic amines) is 1. The van der Waals surface area contributed by atoms with E-state index in [1.54, 1.807) is 24.3 Å². The van der Waals surface area contributed by atoms with Gasteiger partial charge < -0.3 is 5.73 Å². The number of carbonyl (C=O) groups excluding carboxylic acids is 1. The molecule has 1 aromatic heterocycles. The van der Waals surface area contributed by atoms with Crippen LogP contribution < -0.4 is 5.73 Å². The van der Waals surface area contributed by atoms with Crippen LogP contribution in [-0.4, -0.2) is 42.5 Å². The third kappa shape index (κ3) is 3.82. The Kier molecular flexibility index (Phi) is 5.18. The molecule has 2 N–H and O–H groups in total. The summed E-state index contributed by atoms with van der Waals surface area (Å²) in [5.41, 5.74) is 6.79. The molecule has 1 aliphatic heterocycles. The van der Waals surface area contributed by atoms with Crippen molar-refractivity contribution >= 4 is 27.1 Å². The van der Waals surface area contributed by atoms with Gasteiger partial charge in [-0.05, 0) is 44.9 Å². The van der Waals surface area contributed by atoms with Crippen molar-refractivity contribution in [3.05, 3.63) is 35.3 Å². The van der Waals surface area contributed by atoms with E-state index in [1.807, 2.05) is 12.3 Å². The number of aromatic nitrogens is 1. The first-order chi connectivity index (χ1) is 12.2. The van der Waals surface area contributed by atoms with E-state index in [2.05, 4.69) is 9.88 Å². The molecule has 8 heteroatoms. The van der Waals surface area contributed by atoms with E-state index in [0.717, 1.165) is 42.1 Å². The van der Waals surface area contributed by atoms with Crippen molar-refractivity contribution in [2.24, 2.45) is 5.73 Å². The minimum Gasteiger partial charge on any atom is -0.368 e. The zero-order chi connectivity index (χ0) is 18.9. The van der Waals surface area contributed by atoms with Gasteiger partial charge in [0, 0.05) is 23.7 Å². The first-order valence-corrected chi connectivity index (χ1v) is 11.3. The second kappa shape index (κ2) is 7.09. The summed E-state index contributed by atoms with van der Waals surface area (Å²) >= 11 is 1.51. The van der Waals surface area contributed by atoms with Crippen LogP contribution >= 0.6 is 11.3 Å². The van der Waals surface area contributed by atoms with Gasteiger partial charge in [0.05, 0.1) is 16.1 Å². The molecule has 2 heterocycles. The normalized spacial score (nSPS) is 21.6. The van der Waals surface area contributed by atoms with Crippen LogP contribution in [0.5, 0.6) is 0 Å². The summed E-state index contributed by atoms with van der Waals surface area (Å²) in [6.45, 7) is 3.32. The molecule has 0 aliphatic carbocycles. The van der Waals surface area contributed by atoms with Crippen LogP contribution in [0.25, 0.3) is 10.6 Å². The van der Waals surface area contributed by atoms with E-state index in [-0.39, 0.29) is 5.91 Å². The number of sulfone groups is 1. The van der Waals surface area contributed by atoms with E-state index in [9.17, 15) is 13.2 Å². The minimum atomic E-state index is -3.20. The highest BCUT2D eigenvalue weighted by atomic mass is 32.2. The SMILES string of the molecule is C[C@]1(C(N)=O)CCCCN1Cc1csc(-c2ccc(S(C)(=O)=O)cc2)n1.